The molecule has 0 saturated carbocycles. The third-order valence-electron chi connectivity index (χ3n) is 4.95. The van der Waals surface area contributed by atoms with E-state index in [1.807, 2.05) is 37.3 Å². The van der Waals surface area contributed by atoms with Crippen molar-refractivity contribution in [2.45, 2.75) is 6.92 Å². The van der Waals surface area contributed by atoms with Crippen molar-refractivity contribution in [2.24, 2.45) is 0 Å². The predicted molar refractivity (Wildman–Crippen MR) is 114 cm³/mol. The Hall–Kier alpha value is -2.65. The average Bonchev–Trinajstić information content (AvgIpc) is 2.73. The lowest BCUT2D eigenvalue weighted by Gasteiger charge is -2.36. The zero-order chi connectivity index (χ0) is 21.0. The van der Waals surface area contributed by atoms with Crippen LogP contribution in [0.3, 0.4) is 0 Å². The standard InChI is InChI=1S/C20H27N5O3S/c1-17-7-9-18(10-8-17)25(29(27,28)22(2)3)16-20(26)24-14-12-23(13-15-24)19-6-4-5-11-21-19/h4-11H,12-16H2,1-3H3. The van der Waals surface area contributed by atoms with Crippen molar-refractivity contribution in [3.8, 4) is 0 Å². The monoisotopic (exact) mass is 417 g/mol. The molecule has 3 rings (SSSR count). The third-order valence-corrected chi connectivity index (χ3v) is 6.77. The molecule has 0 aliphatic carbocycles. The van der Waals surface area contributed by atoms with Gasteiger partial charge in [0.1, 0.15) is 12.4 Å². The van der Waals surface area contributed by atoms with Crippen LogP contribution in [0.5, 0.6) is 0 Å². The van der Waals surface area contributed by atoms with E-state index < -0.39 is 10.2 Å². The third kappa shape index (κ3) is 4.86. The fourth-order valence-electron chi connectivity index (χ4n) is 3.16. The average molecular weight is 418 g/mol. The summed E-state index contributed by atoms with van der Waals surface area (Å²) in [5.41, 5.74) is 1.50. The topological polar surface area (TPSA) is 77.1 Å². The molecule has 0 atom stereocenters. The molecule has 1 amide bonds. The molecule has 29 heavy (non-hydrogen) atoms. The summed E-state index contributed by atoms with van der Waals surface area (Å²) in [6.45, 7) is 4.08. The number of pyridine rings is 1. The van der Waals surface area contributed by atoms with Crippen LogP contribution in [0, 0.1) is 6.92 Å². The van der Waals surface area contributed by atoms with Crippen molar-refractivity contribution in [1.29, 1.82) is 0 Å². The molecule has 2 aromatic rings. The number of benzene rings is 1. The molecule has 1 aliphatic heterocycles. The van der Waals surface area contributed by atoms with Gasteiger partial charge in [0.25, 0.3) is 0 Å². The summed E-state index contributed by atoms with van der Waals surface area (Å²) in [7, 11) is -0.864. The first kappa shape index (κ1) is 21.1. The maximum atomic E-state index is 12.9. The summed E-state index contributed by atoms with van der Waals surface area (Å²) in [5, 5.41) is 0. The Bertz CT molecular complexity index is 924. The number of rotatable bonds is 6. The number of hydrogen-bond donors (Lipinski definition) is 0. The molecule has 1 saturated heterocycles. The van der Waals surface area contributed by atoms with Crippen molar-refractivity contribution in [1.82, 2.24) is 14.2 Å². The van der Waals surface area contributed by atoms with Crippen LogP contribution >= 0.6 is 0 Å². The number of aromatic nitrogens is 1. The van der Waals surface area contributed by atoms with E-state index in [9.17, 15) is 13.2 Å². The van der Waals surface area contributed by atoms with Crippen LogP contribution in [-0.4, -0.2) is 75.3 Å². The van der Waals surface area contributed by atoms with Gasteiger partial charge in [-0.25, -0.2) is 9.29 Å². The van der Waals surface area contributed by atoms with Crippen LogP contribution in [0.25, 0.3) is 0 Å². The summed E-state index contributed by atoms with van der Waals surface area (Å²) in [4.78, 5) is 21.1. The zero-order valence-electron chi connectivity index (χ0n) is 17.0. The molecule has 1 aliphatic rings. The van der Waals surface area contributed by atoms with Gasteiger partial charge in [-0.2, -0.15) is 12.7 Å². The van der Waals surface area contributed by atoms with E-state index >= 15 is 0 Å². The highest BCUT2D eigenvalue weighted by Crippen LogP contribution is 2.21. The molecule has 0 bridgehead atoms. The number of anilines is 2. The Labute approximate surface area is 172 Å². The molecule has 0 unspecified atom stereocenters. The summed E-state index contributed by atoms with van der Waals surface area (Å²) >= 11 is 0. The fraction of sp³-hybridized carbons (Fsp3) is 0.400. The second-order valence-electron chi connectivity index (χ2n) is 7.19. The summed E-state index contributed by atoms with van der Waals surface area (Å²) in [6, 6.07) is 12.9. The Morgan fingerprint density at radius 3 is 2.24 bits per heavy atom. The first-order chi connectivity index (χ1) is 13.8. The number of carbonyl (C=O) groups excluding carboxylic acids is 1. The number of piperazine rings is 1. The number of hydrogen-bond acceptors (Lipinski definition) is 5. The van der Waals surface area contributed by atoms with E-state index in [1.165, 1.54) is 18.4 Å². The van der Waals surface area contributed by atoms with Crippen molar-refractivity contribution < 1.29 is 13.2 Å². The minimum atomic E-state index is -3.79. The molecular weight excluding hydrogens is 390 g/mol. The SMILES string of the molecule is Cc1ccc(N(CC(=O)N2CCN(c3ccccn3)CC2)S(=O)(=O)N(C)C)cc1. The zero-order valence-corrected chi connectivity index (χ0v) is 17.8. The summed E-state index contributed by atoms with van der Waals surface area (Å²) in [6.07, 6.45) is 1.75. The van der Waals surface area contributed by atoms with Crippen LogP contribution in [0.2, 0.25) is 0 Å². The van der Waals surface area contributed by atoms with Gasteiger partial charge in [0, 0.05) is 46.5 Å². The predicted octanol–water partition coefficient (Wildman–Crippen LogP) is 1.35. The lowest BCUT2D eigenvalue weighted by molar-refractivity contribution is -0.129. The van der Waals surface area contributed by atoms with Crippen molar-refractivity contribution in [3.05, 3.63) is 54.2 Å². The van der Waals surface area contributed by atoms with Crippen molar-refractivity contribution in [2.75, 3.05) is 56.0 Å². The first-order valence-electron chi connectivity index (χ1n) is 9.49. The van der Waals surface area contributed by atoms with Gasteiger partial charge in [0.05, 0.1) is 5.69 Å². The van der Waals surface area contributed by atoms with Gasteiger partial charge < -0.3 is 9.80 Å². The molecular formula is C20H27N5O3S. The lowest BCUT2D eigenvalue weighted by atomic mass is 10.2. The maximum Gasteiger partial charge on any atom is 0.304 e. The molecule has 0 N–H and O–H groups in total. The second-order valence-corrected chi connectivity index (χ2v) is 9.25. The number of aryl methyl sites for hydroxylation is 1. The number of amides is 1. The van der Waals surface area contributed by atoms with Crippen molar-refractivity contribution in [3.63, 3.8) is 0 Å². The first-order valence-corrected chi connectivity index (χ1v) is 10.9. The normalized spacial score (nSPS) is 14.9. The van der Waals surface area contributed by atoms with E-state index in [-0.39, 0.29) is 12.5 Å². The van der Waals surface area contributed by atoms with E-state index in [4.69, 9.17) is 0 Å². The highest BCUT2D eigenvalue weighted by molar-refractivity contribution is 7.90. The molecule has 1 fully saturated rings. The Kier molecular flexibility index (Phi) is 6.39. The van der Waals surface area contributed by atoms with Gasteiger partial charge in [0.15, 0.2) is 0 Å². The second kappa shape index (κ2) is 8.79. The highest BCUT2D eigenvalue weighted by Gasteiger charge is 2.30. The molecule has 8 nitrogen and oxygen atoms in total. The Morgan fingerprint density at radius 2 is 1.69 bits per heavy atom. The molecule has 2 heterocycles. The maximum absolute atomic E-state index is 12.9. The number of carbonyl (C=O) groups is 1. The quantitative estimate of drug-likeness (QED) is 0.709. The van der Waals surface area contributed by atoms with Crippen LogP contribution in [0.15, 0.2) is 48.7 Å². The highest BCUT2D eigenvalue weighted by atomic mass is 32.2. The van der Waals surface area contributed by atoms with E-state index in [1.54, 1.807) is 23.2 Å². The van der Waals surface area contributed by atoms with Crippen LogP contribution < -0.4 is 9.21 Å². The van der Waals surface area contributed by atoms with Crippen LogP contribution in [0.4, 0.5) is 11.5 Å². The van der Waals surface area contributed by atoms with Gasteiger partial charge in [-0.3, -0.25) is 4.79 Å². The van der Waals surface area contributed by atoms with E-state index in [0.717, 1.165) is 15.7 Å². The van der Waals surface area contributed by atoms with E-state index in [2.05, 4.69) is 9.88 Å². The molecule has 1 aromatic carbocycles. The molecule has 0 spiro atoms. The largest absolute Gasteiger partial charge is 0.353 e. The van der Waals surface area contributed by atoms with Gasteiger partial charge in [0.2, 0.25) is 5.91 Å². The molecule has 1 aromatic heterocycles. The fourth-order valence-corrected chi connectivity index (χ4v) is 4.22. The van der Waals surface area contributed by atoms with Crippen LogP contribution in [-0.2, 0) is 15.0 Å². The lowest BCUT2D eigenvalue weighted by Crippen LogP contribution is -2.53. The van der Waals surface area contributed by atoms with Gasteiger partial charge in [-0.15, -0.1) is 0 Å². The van der Waals surface area contributed by atoms with Gasteiger partial charge in [-0.05, 0) is 31.2 Å². The Morgan fingerprint density at radius 1 is 1.03 bits per heavy atom. The number of nitrogens with zero attached hydrogens (tertiary/aromatic N) is 5. The Balaban J connectivity index is 1.71. The minimum absolute atomic E-state index is 0.211. The molecule has 156 valence electrons. The smallest absolute Gasteiger partial charge is 0.304 e. The van der Waals surface area contributed by atoms with Crippen molar-refractivity contribution >= 4 is 27.6 Å². The van der Waals surface area contributed by atoms with Gasteiger partial charge >= 0.3 is 10.2 Å². The van der Waals surface area contributed by atoms with Crippen LogP contribution in [0.1, 0.15) is 5.56 Å². The minimum Gasteiger partial charge on any atom is -0.353 e. The van der Waals surface area contributed by atoms with E-state index in [0.29, 0.717) is 31.9 Å². The summed E-state index contributed by atoms with van der Waals surface area (Å²) < 4.78 is 28.0. The van der Waals surface area contributed by atoms with Gasteiger partial charge in [-0.1, -0.05) is 23.8 Å². The molecule has 9 heteroatoms. The summed E-state index contributed by atoms with van der Waals surface area (Å²) in [5.74, 6) is 0.674. The molecule has 0 radical (unpaired) electrons.